The minimum Gasteiger partial charge on any atom is -0.368 e. The molecule has 1 aliphatic heterocycles. The summed E-state index contributed by atoms with van der Waals surface area (Å²) in [5.74, 6) is 0.172. The second-order valence-corrected chi connectivity index (χ2v) is 10.8. The number of benzene rings is 3. The Bertz CT molecular complexity index is 1300. The van der Waals surface area contributed by atoms with Crippen molar-refractivity contribution < 1.29 is 4.79 Å². The monoisotopic (exact) mass is 566 g/mol. The van der Waals surface area contributed by atoms with Gasteiger partial charge in [0.1, 0.15) is 0 Å². The lowest BCUT2D eigenvalue weighted by atomic mass is 10.0. The number of hydrogen-bond acceptors (Lipinski definition) is 4. The maximum atomic E-state index is 12.3. The Kier molecular flexibility index (Phi) is 9.80. The highest BCUT2D eigenvalue weighted by atomic mass is 35.5. The Hall–Kier alpha value is -2.90. The molecule has 0 bridgehead atoms. The first-order chi connectivity index (χ1) is 18.3. The van der Waals surface area contributed by atoms with E-state index in [0.29, 0.717) is 10.9 Å². The van der Waals surface area contributed by atoms with Crippen molar-refractivity contribution in [2.45, 2.75) is 26.3 Å². The summed E-state index contributed by atoms with van der Waals surface area (Å²) in [5.41, 5.74) is 5.06. The fraction of sp³-hybridized carbons (Fsp3) is 0.267. The van der Waals surface area contributed by atoms with E-state index < -0.39 is 0 Å². The van der Waals surface area contributed by atoms with Crippen LogP contribution in [0.5, 0.6) is 0 Å². The minimum absolute atomic E-state index is 0.215. The van der Waals surface area contributed by atoms with Gasteiger partial charge in [0.2, 0.25) is 5.91 Å². The Morgan fingerprint density at radius 3 is 2.34 bits per heavy atom. The lowest BCUT2D eigenvalue weighted by Crippen LogP contribution is -2.46. The molecule has 2 N–H and O–H groups in total. The second-order valence-electron chi connectivity index (χ2n) is 9.62. The summed E-state index contributed by atoms with van der Waals surface area (Å²) >= 11 is 18.3. The number of nitrogens with zero attached hydrogens (tertiary/aromatic N) is 2. The summed E-state index contributed by atoms with van der Waals surface area (Å²) in [6.45, 7) is 8.74. The van der Waals surface area contributed by atoms with E-state index in [4.69, 9.17) is 35.4 Å². The van der Waals surface area contributed by atoms with Gasteiger partial charge in [-0.1, -0.05) is 79.5 Å². The van der Waals surface area contributed by atoms with Crippen molar-refractivity contribution in [3.8, 4) is 0 Å². The van der Waals surface area contributed by atoms with Gasteiger partial charge in [-0.15, -0.1) is 0 Å². The van der Waals surface area contributed by atoms with Crippen LogP contribution in [-0.2, 0) is 11.3 Å². The number of carbonyl (C=O) groups is 1. The first-order valence-electron chi connectivity index (χ1n) is 12.7. The van der Waals surface area contributed by atoms with Crippen LogP contribution in [0, 0.1) is 0 Å². The summed E-state index contributed by atoms with van der Waals surface area (Å²) in [7, 11) is 0. The molecule has 1 saturated heterocycles. The van der Waals surface area contributed by atoms with Crippen LogP contribution in [0.4, 0.5) is 11.4 Å². The Labute approximate surface area is 240 Å². The lowest BCUT2D eigenvalue weighted by Gasteiger charge is -2.36. The highest BCUT2D eigenvalue weighted by molar-refractivity contribution is 7.80. The van der Waals surface area contributed by atoms with Gasteiger partial charge < -0.3 is 10.2 Å². The molecule has 0 saturated carbocycles. The number of thiocarbonyl (C=S) groups is 1. The summed E-state index contributed by atoms with van der Waals surface area (Å²) in [5, 5.41) is 7.38. The summed E-state index contributed by atoms with van der Waals surface area (Å²) < 4.78 is 0. The predicted octanol–water partition coefficient (Wildman–Crippen LogP) is 6.97. The number of amides is 1. The van der Waals surface area contributed by atoms with Gasteiger partial charge in [0, 0.05) is 49.5 Å². The molecule has 1 aliphatic rings. The average Bonchev–Trinajstić information content (AvgIpc) is 2.90. The van der Waals surface area contributed by atoms with Crippen molar-refractivity contribution in [3.63, 3.8) is 0 Å². The first kappa shape index (κ1) is 28.1. The predicted molar refractivity (Wildman–Crippen MR) is 164 cm³/mol. The zero-order chi connectivity index (χ0) is 27.1. The third-order valence-electron chi connectivity index (χ3n) is 6.54. The number of piperazine rings is 1. The number of anilines is 2. The maximum absolute atomic E-state index is 12.3. The smallest absolute Gasteiger partial charge is 0.250 e. The van der Waals surface area contributed by atoms with Crippen LogP contribution < -0.4 is 15.5 Å². The zero-order valence-electron chi connectivity index (χ0n) is 21.6. The summed E-state index contributed by atoms with van der Waals surface area (Å²) in [6, 6.07) is 21.9. The van der Waals surface area contributed by atoms with E-state index in [0.717, 1.165) is 60.2 Å². The highest BCUT2D eigenvalue weighted by Crippen LogP contribution is 2.30. The van der Waals surface area contributed by atoms with E-state index in [2.05, 4.69) is 52.5 Å². The van der Waals surface area contributed by atoms with Gasteiger partial charge in [-0.25, -0.2) is 0 Å². The number of hydrogen-bond donors (Lipinski definition) is 2. The Morgan fingerprint density at radius 1 is 0.974 bits per heavy atom. The third kappa shape index (κ3) is 7.81. The molecule has 5 nitrogen and oxygen atoms in total. The van der Waals surface area contributed by atoms with E-state index in [-0.39, 0.29) is 11.0 Å². The van der Waals surface area contributed by atoms with Gasteiger partial charge in [-0.3, -0.25) is 15.0 Å². The lowest BCUT2D eigenvalue weighted by molar-refractivity contribution is -0.115. The molecule has 8 heteroatoms. The molecule has 3 aromatic rings. The van der Waals surface area contributed by atoms with Gasteiger partial charge >= 0.3 is 0 Å². The van der Waals surface area contributed by atoms with Crippen molar-refractivity contribution in [3.05, 3.63) is 99.5 Å². The quantitative estimate of drug-likeness (QED) is 0.239. The van der Waals surface area contributed by atoms with Gasteiger partial charge in [0.05, 0.1) is 10.7 Å². The third-order valence-corrected chi connectivity index (χ3v) is 7.41. The number of rotatable bonds is 7. The molecule has 3 aromatic carbocycles. The van der Waals surface area contributed by atoms with E-state index in [1.54, 1.807) is 6.08 Å². The summed E-state index contributed by atoms with van der Waals surface area (Å²) in [4.78, 5) is 17.0. The van der Waals surface area contributed by atoms with E-state index in [9.17, 15) is 4.79 Å². The fourth-order valence-electron chi connectivity index (χ4n) is 4.34. The van der Waals surface area contributed by atoms with Gasteiger partial charge in [0.15, 0.2) is 5.11 Å². The number of halogens is 2. The topological polar surface area (TPSA) is 47.6 Å². The molecule has 0 spiro atoms. The van der Waals surface area contributed by atoms with Gasteiger partial charge in [-0.2, -0.15) is 0 Å². The van der Waals surface area contributed by atoms with Crippen LogP contribution in [0.2, 0.25) is 10.0 Å². The van der Waals surface area contributed by atoms with Crippen LogP contribution in [0.15, 0.2) is 72.8 Å². The van der Waals surface area contributed by atoms with E-state index in [1.807, 2.05) is 48.5 Å². The zero-order valence-corrected chi connectivity index (χ0v) is 23.9. The highest BCUT2D eigenvalue weighted by Gasteiger charge is 2.20. The average molecular weight is 568 g/mol. The fourth-order valence-corrected chi connectivity index (χ4v) is 5.05. The normalized spacial score (nSPS) is 14.2. The molecule has 4 rings (SSSR count). The Balaban J connectivity index is 1.26. The van der Waals surface area contributed by atoms with Crippen LogP contribution >= 0.6 is 35.4 Å². The van der Waals surface area contributed by atoms with Gasteiger partial charge in [0.25, 0.3) is 0 Å². The number of carbonyl (C=O) groups excluding carboxylic acids is 1. The van der Waals surface area contributed by atoms with E-state index in [1.165, 1.54) is 11.6 Å². The van der Waals surface area contributed by atoms with Crippen molar-refractivity contribution >= 4 is 63.9 Å². The molecule has 0 aliphatic carbocycles. The molecule has 1 fully saturated rings. The molecule has 0 unspecified atom stereocenters. The van der Waals surface area contributed by atoms with E-state index >= 15 is 0 Å². The number of nitrogens with one attached hydrogen (secondary N) is 2. The molecule has 1 heterocycles. The van der Waals surface area contributed by atoms with Crippen LogP contribution in [-0.4, -0.2) is 42.1 Å². The van der Waals surface area contributed by atoms with Crippen molar-refractivity contribution in [2.75, 3.05) is 36.4 Å². The summed E-state index contributed by atoms with van der Waals surface area (Å²) in [6.07, 6.45) is 3.24. The molecule has 38 heavy (non-hydrogen) atoms. The SMILES string of the molecule is CC(C)c1ccc(C=CC(=O)NC(=S)Nc2ccc(N3CCN(Cc4ccccc4Cl)CC3)c(Cl)c2)cc1. The molecule has 0 radical (unpaired) electrons. The molecule has 0 aromatic heterocycles. The minimum atomic E-state index is -0.298. The molecular formula is C30H32Cl2N4OS. The maximum Gasteiger partial charge on any atom is 0.250 e. The molecule has 0 atom stereocenters. The van der Waals surface area contributed by atoms with Crippen LogP contribution in [0.25, 0.3) is 6.08 Å². The largest absolute Gasteiger partial charge is 0.368 e. The standard InChI is InChI=1S/C30H32Cl2N4OS/c1-21(2)23-10-7-22(8-11-23)9-14-29(37)34-30(38)33-25-12-13-28(27(32)19-25)36-17-15-35(16-18-36)20-24-5-3-4-6-26(24)31/h3-14,19,21H,15-18,20H2,1-2H3,(H2,33,34,37,38). The molecular weight excluding hydrogens is 535 g/mol. The van der Waals surface area contributed by atoms with Crippen molar-refractivity contribution in [2.24, 2.45) is 0 Å². The molecule has 1 amide bonds. The Morgan fingerprint density at radius 2 is 1.68 bits per heavy atom. The first-order valence-corrected chi connectivity index (χ1v) is 13.8. The van der Waals surface area contributed by atoms with Gasteiger partial charge in [-0.05, 0) is 65.2 Å². The van der Waals surface area contributed by atoms with Crippen LogP contribution in [0.1, 0.15) is 36.5 Å². The van der Waals surface area contributed by atoms with Crippen LogP contribution in [0.3, 0.4) is 0 Å². The van der Waals surface area contributed by atoms with Crippen molar-refractivity contribution in [1.82, 2.24) is 10.2 Å². The van der Waals surface area contributed by atoms with Crippen molar-refractivity contribution in [1.29, 1.82) is 0 Å². The molecule has 198 valence electrons. The second kappa shape index (κ2) is 13.3.